The summed E-state index contributed by atoms with van der Waals surface area (Å²) >= 11 is 0. The Hall–Kier alpha value is -2.57. The van der Waals surface area contributed by atoms with Gasteiger partial charge >= 0.3 is 6.03 Å². The summed E-state index contributed by atoms with van der Waals surface area (Å²) in [6.45, 7) is 2.59. The van der Waals surface area contributed by atoms with Crippen molar-refractivity contribution in [1.82, 2.24) is 14.7 Å². The first-order chi connectivity index (χ1) is 14.9. The van der Waals surface area contributed by atoms with E-state index in [1.807, 2.05) is 29.2 Å². The van der Waals surface area contributed by atoms with Crippen LogP contribution in [0.3, 0.4) is 0 Å². The van der Waals surface area contributed by atoms with Gasteiger partial charge in [0.25, 0.3) is 5.91 Å². The summed E-state index contributed by atoms with van der Waals surface area (Å²) in [6.07, 6.45) is 3.04. The van der Waals surface area contributed by atoms with E-state index in [1.54, 1.807) is 26.0 Å². The number of likely N-dealkylation sites (tertiary alicyclic amines) is 1. The maximum Gasteiger partial charge on any atom is 0.323 e. The first-order valence-electron chi connectivity index (χ1n) is 11.0. The number of hydrogen-bond donors (Lipinski definition) is 0. The molecule has 0 unspecified atom stereocenters. The third kappa shape index (κ3) is 6.47. The lowest BCUT2D eigenvalue weighted by molar-refractivity contribution is 0.0647. The average Bonchev–Trinajstić information content (AvgIpc) is 2.82. The molecule has 0 bridgehead atoms. The monoisotopic (exact) mass is 458 g/mol. The van der Waals surface area contributed by atoms with Crippen molar-refractivity contribution in [2.75, 3.05) is 52.7 Å². The smallest absolute Gasteiger partial charge is 0.323 e. The molecule has 7 heteroatoms. The molecule has 0 aliphatic carbocycles. The molecule has 1 aliphatic rings. The molecule has 2 aromatic carbocycles. The van der Waals surface area contributed by atoms with E-state index in [1.165, 1.54) is 10.5 Å². The van der Waals surface area contributed by atoms with Crippen LogP contribution in [0.1, 0.15) is 28.8 Å². The van der Waals surface area contributed by atoms with Crippen molar-refractivity contribution in [3.8, 4) is 0 Å². The fourth-order valence-electron chi connectivity index (χ4n) is 4.06. The Morgan fingerprint density at radius 3 is 2.06 bits per heavy atom. The third-order valence-corrected chi connectivity index (χ3v) is 6.14. The third-order valence-electron chi connectivity index (χ3n) is 6.14. The van der Waals surface area contributed by atoms with Gasteiger partial charge in [-0.3, -0.25) is 9.69 Å². The zero-order chi connectivity index (χ0) is 22.4. The first kappa shape index (κ1) is 25.7. The number of carbonyl (C=O) groups excluding carboxylic acids is 2. The number of halogens is 1. The predicted molar refractivity (Wildman–Crippen MR) is 133 cm³/mol. The van der Waals surface area contributed by atoms with Crippen molar-refractivity contribution in [2.24, 2.45) is 0 Å². The van der Waals surface area contributed by atoms with E-state index in [4.69, 9.17) is 0 Å². The van der Waals surface area contributed by atoms with Gasteiger partial charge in [-0.2, -0.15) is 0 Å². The molecule has 0 atom stereocenters. The molecular formula is C25H35ClN4O2. The van der Waals surface area contributed by atoms with Gasteiger partial charge in [-0.25, -0.2) is 4.79 Å². The van der Waals surface area contributed by atoms with Gasteiger partial charge in [0.15, 0.2) is 0 Å². The van der Waals surface area contributed by atoms with Crippen LogP contribution in [0, 0.1) is 0 Å². The number of amides is 3. The van der Waals surface area contributed by atoms with Gasteiger partial charge in [0, 0.05) is 58.1 Å². The summed E-state index contributed by atoms with van der Waals surface area (Å²) in [5.41, 5.74) is 2.81. The molecule has 174 valence electrons. The van der Waals surface area contributed by atoms with Gasteiger partial charge in [0.05, 0.1) is 0 Å². The molecule has 1 fully saturated rings. The van der Waals surface area contributed by atoms with E-state index in [-0.39, 0.29) is 24.3 Å². The number of anilines is 1. The maximum atomic E-state index is 12.9. The maximum absolute atomic E-state index is 12.9. The highest BCUT2D eigenvalue weighted by atomic mass is 35.5. The van der Waals surface area contributed by atoms with Gasteiger partial charge in [0.2, 0.25) is 0 Å². The molecule has 0 radical (unpaired) electrons. The molecular weight excluding hydrogens is 424 g/mol. The molecule has 0 saturated carbocycles. The molecule has 6 nitrogen and oxygen atoms in total. The molecule has 1 aliphatic heterocycles. The predicted octanol–water partition coefficient (Wildman–Crippen LogP) is 4.01. The van der Waals surface area contributed by atoms with Crippen LogP contribution in [0.5, 0.6) is 0 Å². The van der Waals surface area contributed by atoms with E-state index >= 15 is 0 Å². The second-order valence-electron chi connectivity index (χ2n) is 8.52. The van der Waals surface area contributed by atoms with Gasteiger partial charge < -0.3 is 14.7 Å². The van der Waals surface area contributed by atoms with Crippen LogP contribution in [0.2, 0.25) is 0 Å². The summed E-state index contributed by atoms with van der Waals surface area (Å²) in [4.78, 5) is 32.5. The second kappa shape index (κ2) is 11.9. The van der Waals surface area contributed by atoms with Gasteiger partial charge in [0.1, 0.15) is 0 Å². The summed E-state index contributed by atoms with van der Waals surface area (Å²) in [7, 11) is 7.37. The summed E-state index contributed by atoms with van der Waals surface area (Å²) in [5, 5.41) is 0. The second-order valence-corrected chi connectivity index (χ2v) is 8.52. The van der Waals surface area contributed by atoms with Crippen LogP contribution in [0.25, 0.3) is 0 Å². The molecule has 3 rings (SSSR count). The molecule has 0 aromatic heterocycles. The van der Waals surface area contributed by atoms with E-state index in [9.17, 15) is 9.59 Å². The number of hydrogen-bond acceptors (Lipinski definition) is 3. The number of likely N-dealkylation sites (N-methyl/N-ethyl adjacent to an activating group) is 1. The Morgan fingerprint density at radius 2 is 1.50 bits per heavy atom. The minimum absolute atomic E-state index is 0. The van der Waals surface area contributed by atoms with Crippen LogP contribution < -0.4 is 4.90 Å². The Balaban J connectivity index is 0.00000363. The Morgan fingerprint density at radius 1 is 0.906 bits per heavy atom. The number of urea groups is 1. The quantitative estimate of drug-likeness (QED) is 0.657. The van der Waals surface area contributed by atoms with Crippen LogP contribution in [0.4, 0.5) is 10.5 Å². The van der Waals surface area contributed by atoms with E-state index < -0.39 is 0 Å². The molecule has 3 amide bonds. The van der Waals surface area contributed by atoms with Crippen molar-refractivity contribution in [3.63, 3.8) is 0 Å². The first-order valence-corrected chi connectivity index (χ1v) is 11.0. The highest BCUT2D eigenvalue weighted by Crippen LogP contribution is 2.20. The fourth-order valence-corrected chi connectivity index (χ4v) is 4.06. The fraction of sp³-hybridized carbons (Fsp3) is 0.440. The van der Waals surface area contributed by atoms with Gasteiger partial charge in [-0.05, 0) is 56.1 Å². The molecule has 32 heavy (non-hydrogen) atoms. The Kier molecular flexibility index (Phi) is 9.54. The van der Waals surface area contributed by atoms with Crippen LogP contribution in [-0.4, -0.2) is 80.5 Å². The SMILES string of the molecule is CN(C)C(=O)N(C)c1ccc(C(=O)N2CCC(N(C)CCc3ccccc3)CC2)cc1.Cl. The van der Waals surface area contributed by atoms with E-state index in [0.717, 1.165) is 44.6 Å². The highest BCUT2D eigenvalue weighted by Gasteiger charge is 2.26. The zero-order valence-electron chi connectivity index (χ0n) is 19.5. The van der Waals surface area contributed by atoms with E-state index in [2.05, 4.69) is 42.3 Å². The standard InChI is InChI=1S/C25H34N4O2.ClH/c1-26(2)25(31)28(4)23-12-10-21(11-13-23)24(30)29-18-15-22(16-19-29)27(3)17-14-20-8-6-5-7-9-20;/h5-13,22H,14-19H2,1-4H3;1H. The van der Waals surface area contributed by atoms with Crippen LogP contribution in [0.15, 0.2) is 54.6 Å². The number of nitrogens with zero attached hydrogens (tertiary/aromatic N) is 4. The minimum Gasteiger partial charge on any atom is -0.339 e. The summed E-state index contributed by atoms with van der Waals surface area (Å²) < 4.78 is 0. The normalized spacial score (nSPS) is 14.1. The molecule has 0 spiro atoms. The Bertz CT molecular complexity index is 865. The molecule has 1 heterocycles. The minimum atomic E-state index is -0.0995. The van der Waals surface area contributed by atoms with Crippen molar-refractivity contribution in [2.45, 2.75) is 25.3 Å². The molecule has 0 N–H and O–H groups in total. The lowest BCUT2D eigenvalue weighted by Crippen LogP contribution is -2.46. The van der Waals surface area contributed by atoms with Crippen molar-refractivity contribution >= 4 is 30.0 Å². The van der Waals surface area contributed by atoms with Gasteiger partial charge in [-0.1, -0.05) is 30.3 Å². The van der Waals surface area contributed by atoms with E-state index in [0.29, 0.717) is 11.6 Å². The van der Waals surface area contributed by atoms with Crippen molar-refractivity contribution in [1.29, 1.82) is 0 Å². The summed E-state index contributed by atoms with van der Waals surface area (Å²) in [5.74, 6) is 0.0681. The van der Waals surface area contributed by atoms with Crippen LogP contribution >= 0.6 is 12.4 Å². The molecule has 1 saturated heterocycles. The van der Waals surface area contributed by atoms with Crippen LogP contribution in [-0.2, 0) is 6.42 Å². The highest BCUT2D eigenvalue weighted by molar-refractivity contribution is 5.96. The topological polar surface area (TPSA) is 47.1 Å². The lowest BCUT2D eigenvalue weighted by atomic mass is 10.0. The number of rotatable bonds is 6. The number of benzene rings is 2. The molecule has 2 aromatic rings. The van der Waals surface area contributed by atoms with Gasteiger partial charge in [-0.15, -0.1) is 12.4 Å². The Labute approximate surface area is 198 Å². The largest absolute Gasteiger partial charge is 0.339 e. The summed E-state index contributed by atoms with van der Waals surface area (Å²) in [6, 6.07) is 18.3. The zero-order valence-corrected chi connectivity index (χ0v) is 20.3. The number of carbonyl (C=O) groups is 2. The lowest BCUT2D eigenvalue weighted by Gasteiger charge is -2.37. The number of piperidine rings is 1. The van der Waals surface area contributed by atoms with Crippen molar-refractivity contribution < 1.29 is 9.59 Å². The van der Waals surface area contributed by atoms with Crippen molar-refractivity contribution in [3.05, 3.63) is 65.7 Å². The average molecular weight is 459 g/mol.